The van der Waals surface area contributed by atoms with Crippen LogP contribution in [0, 0.1) is 5.41 Å². The topological polar surface area (TPSA) is 12.0 Å². The van der Waals surface area contributed by atoms with Gasteiger partial charge in [0.1, 0.15) is 0 Å². The van der Waals surface area contributed by atoms with Gasteiger partial charge in [0.05, 0.1) is 0 Å². The Morgan fingerprint density at radius 1 is 1.12 bits per heavy atom. The highest BCUT2D eigenvalue weighted by Crippen LogP contribution is 2.37. The second-order valence-electron chi connectivity index (χ2n) is 6.27. The summed E-state index contributed by atoms with van der Waals surface area (Å²) in [6.45, 7) is 3.67. The highest BCUT2D eigenvalue weighted by atomic mass is 14.9. The highest BCUT2D eigenvalue weighted by Gasteiger charge is 2.30. The first kappa shape index (κ1) is 11.3. The molecular formula is C16H23N. The molecule has 0 bridgehead atoms. The third-order valence-electron chi connectivity index (χ3n) is 4.68. The third kappa shape index (κ3) is 2.40. The maximum absolute atomic E-state index is 3.81. The van der Waals surface area contributed by atoms with E-state index in [0.29, 0.717) is 11.5 Å². The van der Waals surface area contributed by atoms with Crippen LogP contribution < -0.4 is 5.32 Å². The predicted octanol–water partition coefficient (Wildman–Crippen LogP) is 3.32. The average Bonchev–Trinajstić information content (AvgIpc) is 2.93. The molecule has 2 aliphatic carbocycles. The lowest BCUT2D eigenvalue weighted by Gasteiger charge is -2.26. The van der Waals surface area contributed by atoms with Gasteiger partial charge in [0.2, 0.25) is 0 Å². The molecule has 17 heavy (non-hydrogen) atoms. The van der Waals surface area contributed by atoms with Crippen molar-refractivity contribution in [1.29, 1.82) is 0 Å². The summed E-state index contributed by atoms with van der Waals surface area (Å²) < 4.78 is 0. The lowest BCUT2D eigenvalue weighted by atomic mass is 9.88. The number of benzene rings is 1. The fraction of sp³-hybridized carbons (Fsp3) is 0.625. The smallest absolute Gasteiger partial charge is 0.0148 e. The Morgan fingerprint density at radius 2 is 1.71 bits per heavy atom. The SMILES string of the molecule is CC1(CNC2Cc3ccccc3C2)CCCC1. The van der Waals surface area contributed by atoms with Gasteiger partial charge in [0.25, 0.3) is 0 Å². The van der Waals surface area contributed by atoms with Gasteiger partial charge in [-0.05, 0) is 42.2 Å². The molecule has 1 aromatic carbocycles. The molecule has 0 aliphatic heterocycles. The lowest BCUT2D eigenvalue weighted by Crippen LogP contribution is -2.37. The molecule has 1 fully saturated rings. The number of fused-ring (bicyclic) bond motifs is 1. The second-order valence-corrected chi connectivity index (χ2v) is 6.27. The van der Waals surface area contributed by atoms with Gasteiger partial charge < -0.3 is 5.32 Å². The van der Waals surface area contributed by atoms with E-state index in [1.807, 2.05) is 0 Å². The van der Waals surface area contributed by atoms with Gasteiger partial charge in [-0.25, -0.2) is 0 Å². The summed E-state index contributed by atoms with van der Waals surface area (Å²) in [7, 11) is 0. The van der Waals surface area contributed by atoms with Crippen molar-refractivity contribution in [3.63, 3.8) is 0 Å². The van der Waals surface area contributed by atoms with Crippen molar-refractivity contribution in [2.75, 3.05) is 6.54 Å². The van der Waals surface area contributed by atoms with Crippen LogP contribution in [0.15, 0.2) is 24.3 Å². The highest BCUT2D eigenvalue weighted by molar-refractivity contribution is 5.33. The Morgan fingerprint density at radius 3 is 2.29 bits per heavy atom. The Labute approximate surface area is 105 Å². The molecular weight excluding hydrogens is 206 g/mol. The average molecular weight is 229 g/mol. The number of nitrogens with one attached hydrogen (secondary N) is 1. The Balaban J connectivity index is 1.55. The second kappa shape index (κ2) is 4.45. The molecule has 0 amide bonds. The molecule has 1 saturated carbocycles. The van der Waals surface area contributed by atoms with Crippen LogP contribution in [0.4, 0.5) is 0 Å². The van der Waals surface area contributed by atoms with Crippen LogP contribution in [-0.2, 0) is 12.8 Å². The van der Waals surface area contributed by atoms with Crippen molar-refractivity contribution < 1.29 is 0 Å². The van der Waals surface area contributed by atoms with E-state index in [4.69, 9.17) is 0 Å². The fourth-order valence-electron chi connectivity index (χ4n) is 3.50. The van der Waals surface area contributed by atoms with E-state index in [-0.39, 0.29) is 0 Å². The molecule has 3 rings (SSSR count). The van der Waals surface area contributed by atoms with Gasteiger partial charge in [-0.1, -0.05) is 44.0 Å². The van der Waals surface area contributed by atoms with Crippen molar-refractivity contribution >= 4 is 0 Å². The standard InChI is InChI=1S/C16H23N/c1-16(8-4-5-9-16)12-17-15-10-13-6-2-3-7-14(13)11-15/h2-3,6-7,15,17H,4-5,8-12H2,1H3. The quantitative estimate of drug-likeness (QED) is 0.838. The third-order valence-corrected chi connectivity index (χ3v) is 4.68. The zero-order chi connectivity index (χ0) is 11.7. The van der Waals surface area contributed by atoms with E-state index < -0.39 is 0 Å². The molecule has 0 unspecified atom stereocenters. The Hall–Kier alpha value is -0.820. The number of rotatable bonds is 3. The van der Waals surface area contributed by atoms with Crippen LogP contribution in [0.2, 0.25) is 0 Å². The molecule has 2 aliphatic rings. The van der Waals surface area contributed by atoms with Crippen LogP contribution in [0.1, 0.15) is 43.7 Å². The summed E-state index contributed by atoms with van der Waals surface area (Å²) in [4.78, 5) is 0. The molecule has 0 spiro atoms. The zero-order valence-corrected chi connectivity index (χ0v) is 10.8. The molecule has 1 aromatic rings. The molecule has 1 N–H and O–H groups in total. The molecule has 0 radical (unpaired) electrons. The summed E-state index contributed by atoms with van der Waals surface area (Å²) in [5.41, 5.74) is 3.69. The molecule has 0 heterocycles. The normalized spacial score (nSPS) is 22.9. The van der Waals surface area contributed by atoms with Crippen molar-refractivity contribution in [3.05, 3.63) is 35.4 Å². The van der Waals surface area contributed by atoms with E-state index in [1.165, 1.54) is 45.1 Å². The minimum Gasteiger partial charge on any atom is -0.313 e. The van der Waals surface area contributed by atoms with Crippen LogP contribution in [-0.4, -0.2) is 12.6 Å². The van der Waals surface area contributed by atoms with Crippen molar-refractivity contribution in [3.8, 4) is 0 Å². The first-order valence-electron chi connectivity index (χ1n) is 7.05. The van der Waals surface area contributed by atoms with Gasteiger partial charge in [-0.3, -0.25) is 0 Å². The first-order chi connectivity index (χ1) is 8.25. The van der Waals surface area contributed by atoms with Gasteiger partial charge in [0, 0.05) is 12.6 Å². The van der Waals surface area contributed by atoms with Crippen molar-refractivity contribution in [2.45, 2.75) is 51.5 Å². The summed E-state index contributed by atoms with van der Waals surface area (Å²) >= 11 is 0. The van der Waals surface area contributed by atoms with Crippen molar-refractivity contribution in [1.82, 2.24) is 5.32 Å². The molecule has 0 atom stereocenters. The van der Waals surface area contributed by atoms with Gasteiger partial charge in [0.15, 0.2) is 0 Å². The molecule has 0 saturated heterocycles. The maximum atomic E-state index is 3.81. The van der Waals surface area contributed by atoms with Crippen LogP contribution >= 0.6 is 0 Å². The summed E-state index contributed by atoms with van der Waals surface area (Å²) in [6, 6.07) is 9.59. The predicted molar refractivity (Wildman–Crippen MR) is 72.2 cm³/mol. The van der Waals surface area contributed by atoms with E-state index in [0.717, 1.165) is 0 Å². The maximum Gasteiger partial charge on any atom is 0.0148 e. The van der Waals surface area contributed by atoms with Crippen LogP contribution in [0.5, 0.6) is 0 Å². The number of hydrogen-bond donors (Lipinski definition) is 1. The first-order valence-corrected chi connectivity index (χ1v) is 7.05. The molecule has 0 aromatic heterocycles. The lowest BCUT2D eigenvalue weighted by molar-refractivity contribution is 0.298. The fourth-order valence-corrected chi connectivity index (χ4v) is 3.50. The van der Waals surface area contributed by atoms with Gasteiger partial charge in [-0.2, -0.15) is 0 Å². The van der Waals surface area contributed by atoms with E-state index >= 15 is 0 Å². The largest absolute Gasteiger partial charge is 0.313 e. The monoisotopic (exact) mass is 229 g/mol. The number of hydrogen-bond acceptors (Lipinski definition) is 1. The minimum atomic E-state index is 0.578. The van der Waals surface area contributed by atoms with E-state index in [9.17, 15) is 0 Å². The summed E-state index contributed by atoms with van der Waals surface area (Å²) in [5, 5.41) is 3.81. The van der Waals surface area contributed by atoms with Gasteiger partial charge in [-0.15, -0.1) is 0 Å². The van der Waals surface area contributed by atoms with Gasteiger partial charge >= 0.3 is 0 Å². The zero-order valence-electron chi connectivity index (χ0n) is 10.8. The Kier molecular flexibility index (Phi) is 2.96. The Bertz CT molecular complexity index is 365. The minimum absolute atomic E-state index is 0.578. The van der Waals surface area contributed by atoms with Crippen molar-refractivity contribution in [2.24, 2.45) is 5.41 Å². The molecule has 1 nitrogen and oxygen atoms in total. The van der Waals surface area contributed by atoms with E-state index in [2.05, 4.69) is 36.5 Å². The van der Waals surface area contributed by atoms with E-state index in [1.54, 1.807) is 11.1 Å². The molecule has 1 heteroatoms. The molecule has 92 valence electrons. The summed E-state index contributed by atoms with van der Waals surface area (Å²) in [6.07, 6.45) is 8.16. The van der Waals surface area contributed by atoms with Crippen LogP contribution in [0.3, 0.4) is 0 Å². The summed E-state index contributed by atoms with van der Waals surface area (Å²) in [5.74, 6) is 0. The van der Waals surface area contributed by atoms with Crippen LogP contribution in [0.25, 0.3) is 0 Å².